The molecule has 1 aromatic rings. The van der Waals surface area contributed by atoms with E-state index in [0.29, 0.717) is 0 Å². The predicted octanol–water partition coefficient (Wildman–Crippen LogP) is 4.13. The quantitative estimate of drug-likeness (QED) is 0.616. The molecule has 0 atom stereocenters. The second-order valence-electron chi connectivity index (χ2n) is 3.34. The van der Waals surface area contributed by atoms with Gasteiger partial charge in [0.15, 0.2) is 0 Å². The van der Waals surface area contributed by atoms with Crippen molar-refractivity contribution in [2.24, 2.45) is 5.92 Å². The lowest BCUT2D eigenvalue weighted by Gasteiger charge is -1.95. The number of hydrogen-bond acceptors (Lipinski definition) is 0. The van der Waals surface area contributed by atoms with Crippen LogP contribution in [0.4, 0.5) is 0 Å². The Hall–Kier alpha value is -0.780. The van der Waals surface area contributed by atoms with Crippen LogP contribution < -0.4 is 0 Å². The van der Waals surface area contributed by atoms with Gasteiger partial charge in [-0.3, -0.25) is 0 Å². The highest BCUT2D eigenvalue weighted by Crippen LogP contribution is 2.00. The van der Waals surface area contributed by atoms with E-state index in [1.165, 1.54) is 12.8 Å². The first-order valence-electron chi connectivity index (χ1n) is 4.77. The molecule has 0 bridgehead atoms. The van der Waals surface area contributed by atoms with Gasteiger partial charge in [-0.15, -0.1) is 0 Å². The molecule has 0 heteroatoms. The van der Waals surface area contributed by atoms with E-state index in [-0.39, 0.29) is 0 Å². The van der Waals surface area contributed by atoms with Gasteiger partial charge < -0.3 is 0 Å². The van der Waals surface area contributed by atoms with Crippen LogP contribution in [0, 0.1) is 5.92 Å². The highest BCUT2D eigenvalue weighted by atomic mass is 13.9. The Bertz CT molecular complexity index is 126. The molecule has 0 heterocycles. The number of benzene rings is 1. The Balaban J connectivity index is 0.000000202. The van der Waals surface area contributed by atoms with Crippen LogP contribution >= 0.6 is 0 Å². The molecule has 68 valence electrons. The molecular formula is C12H20. The molecule has 0 aromatic heterocycles. The maximum Gasteiger partial charge on any atom is -0.0471 e. The van der Waals surface area contributed by atoms with E-state index in [0.717, 1.165) is 5.92 Å². The molecule has 12 heavy (non-hydrogen) atoms. The lowest BCUT2D eigenvalue weighted by molar-refractivity contribution is 0.576. The number of rotatable bonds is 2. The Kier molecular flexibility index (Phi) is 7.78. The van der Waals surface area contributed by atoms with E-state index in [9.17, 15) is 0 Å². The van der Waals surface area contributed by atoms with Crippen molar-refractivity contribution in [3.63, 3.8) is 0 Å². The summed E-state index contributed by atoms with van der Waals surface area (Å²) in [5.74, 6) is 0.898. The fourth-order valence-electron chi connectivity index (χ4n) is 0.962. The topological polar surface area (TPSA) is 0 Å². The van der Waals surface area contributed by atoms with Crippen molar-refractivity contribution < 1.29 is 0 Å². The highest BCUT2D eigenvalue weighted by Gasteiger charge is 1.85. The first-order chi connectivity index (χ1) is 5.77. The summed E-state index contributed by atoms with van der Waals surface area (Å²) in [7, 11) is 0. The van der Waals surface area contributed by atoms with Gasteiger partial charge in [0.2, 0.25) is 0 Å². The Morgan fingerprint density at radius 2 is 1.17 bits per heavy atom. The minimum Gasteiger partial charge on any atom is -0.0654 e. The monoisotopic (exact) mass is 164 g/mol. The molecule has 0 aliphatic rings. The van der Waals surface area contributed by atoms with Crippen molar-refractivity contribution in [3.8, 4) is 0 Å². The normalized spacial score (nSPS) is 9.00. The molecule has 0 unspecified atom stereocenters. The second kappa shape index (κ2) is 8.32. The van der Waals surface area contributed by atoms with E-state index in [4.69, 9.17) is 0 Å². The van der Waals surface area contributed by atoms with Crippen molar-refractivity contribution in [3.05, 3.63) is 36.4 Å². The molecule has 0 saturated carbocycles. The van der Waals surface area contributed by atoms with Crippen LogP contribution in [0.1, 0.15) is 33.6 Å². The third kappa shape index (κ3) is 9.22. The fraction of sp³-hybridized carbons (Fsp3) is 0.500. The summed E-state index contributed by atoms with van der Waals surface area (Å²) >= 11 is 0. The van der Waals surface area contributed by atoms with Gasteiger partial charge >= 0.3 is 0 Å². The molecule has 1 rings (SSSR count). The average Bonchev–Trinajstić information content (AvgIpc) is 2.08. The van der Waals surface area contributed by atoms with Gasteiger partial charge in [-0.05, 0) is 5.92 Å². The standard InChI is InChI=1S/C6H6.C6H14/c1-2-4-6-5-3-1;1-4-5-6(2)3/h1-6H;6H,4-5H2,1-3H3. The van der Waals surface area contributed by atoms with Crippen LogP contribution in [0.5, 0.6) is 0 Å². The smallest absolute Gasteiger partial charge is 0.0471 e. The molecule has 0 fully saturated rings. The average molecular weight is 164 g/mol. The Morgan fingerprint density at radius 1 is 0.833 bits per heavy atom. The predicted molar refractivity (Wildman–Crippen MR) is 56.2 cm³/mol. The van der Waals surface area contributed by atoms with Crippen molar-refractivity contribution in [2.45, 2.75) is 33.6 Å². The van der Waals surface area contributed by atoms with E-state index in [1.807, 2.05) is 36.4 Å². The van der Waals surface area contributed by atoms with Crippen LogP contribution in [0.15, 0.2) is 36.4 Å². The molecular weight excluding hydrogens is 144 g/mol. The van der Waals surface area contributed by atoms with Crippen molar-refractivity contribution in [2.75, 3.05) is 0 Å². The lowest BCUT2D eigenvalue weighted by Crippen LogP contribution is -1.81. The summed E-state index contributed by atoms with van der Waals surface area (Å²) in [6.45, 7) is 6.73. The van der Waals surface area contributed by atoms with E-state index in [2.05, 4.69) is 20.8 Å². The molecule has 0 amide bonds. The Morgan fingerprint density at radius 3 is 1.25 bits per heavy atom. The van der Waals surface area contributed by atoms with E-state index < -0.39 is 0 Å². The van der Waals surface area contributed by atoms with Crippen LogP contribution in [0.3, 0.4) is 0 Å². The molecule has 0 radical (unpaired) electrons. The summed E-state index contributed by atoms with van der Waals surface area (Å²) < 4.78 is 0. The second-order valence-corrected chi connectivity index (χ2v) is 3.34. The van der Waals surface area contributed by atoms with Crippen LogP contribution in [0.2, 0.25) is 0 Å². The van der Waals surface area contributed by atoms with E-state index in [1.54, 1.807) is 0 Å². The van der Waals surface area contributed by atoms with Crippen LogP contribution in [0.25, 0.3) is 0 Å². The van der Waals surface area contributed by atoms with Gasteiger partial charge in [0.1, 0.15) is 0 Å². The van der Waals surface area contributed by atoms with Crippen LogP contribution in [-0.2, 0) is 0 Å². The first-order valence-corrected chi connectivity index (χ1v) is 4.77. The molecule has 0 aliphatic heterocycles. The lowest BCUT2D eigenvalue weighted by atomic mass is 10.1. The fourth-order valence-corrected chi connectivity index (χ4v) is 0.962. The third-order valence-corrected chi connectivity index (χ3v) is 1.53. The molecule has 1 aromatic carbocycles. The molecule has 0 N–H and O–H groups in total. The maximum absolute atomic E-state index is 2.25. The summed E-state index contributed by atoms with van der Waals surface area (Å²) in [5.41, 5.74) is 0. The van der Waals surface area contributed by atoms with E-state index >= 15 is 0 Å². The third-order valence-electron chi connectivity index (χ3n) is 1.53. The zero-order valence-electron chi connectivity index (χ0n) is 8.46. The SMILES string of the molecule is CCCC(C)C.c1ccccc1. The molecule has 0 nitrogen and oxygen atoms in total. The van der Waals surface area contributed by atoms with Crippen molar-refractivity contribution in [1.82, 2.24) is 0 Å². The van der Waals surface area contributed by atoms with Gasteiger partial charge in [-0.2, -0.15) is 0 Å². The van der Waals surface area contributed by atoms with Crippen molar-refractivity contribution in [1.29, 1.82) is 0 Å². The van der Waals surface area contributed by atoms with Gasteiger partial charge in [0.05, 0.1) is 0 Å². The zero-order valence-corrected chi connectivity index (χ0v) is 8.46. The summed E-state index contributed by atoms with van der Waals surface area (Å²) in [6, 6.07) is 12.0. The molecule has 0 spiro atoms. The first kappa shape index (κ1) is 11.2. The van der Waals surface area contributed by atoms with Gasteiger partial charge in [0, 0.05) is 0 Å². The van der Waals surface area contributed by atoms with Gasteiger partial charge in [-0.1, -0.05) is 70.0 Å². The maximum atomic E-state index is 2.25. The molecule has 0 aliphatic carbocycles. The van der Waals surface area contributed by atoms with Crippen LogP contribution in [-0.4, -0.2) is 0 Å². The summed E-state index contributed by atoms with van der Waals surface area (Å²) in [5, 5.41) is 0. The minimum absolute atomic E-state index is 0.898. The minimum atomic E-state index is 0.898. The van der Waals surface area contributed by atoms with Gasteiger partial charge in [-0.25, -0.2) is 0 Å². The largest absolute Gasteiger partial charge is 0.0654 e. The summed E-state index contributed by atoms with van der Waals surface area (Å²) in [6.07, 6.45) is 2.71. The molecule has 0 saturated heterocycles. The highest BCUT2D eigenvalue weighted by molar-refractivity contribution is 4.99. The summed E-state index contributed by atoms with van der Waals surface area (Å²) in [4.78, 5) is 0. The Labute approximate surface area is 76.6 Å². The van der Waals surface area contributed by atoms with Crippen molar-refractivity contribution >= 4 is 0 Å². The zero-order chi connectivity index (χ0) is 9.23. The number of hydrogen-bond donors (Lipinski definition) is 0. The van der Waals surface area contributed by atoms with Gasteiger partial charge in [0.25, 0.3) is 0 Å².